The van der Waals surface area contributed by atoms with Crippen LogP contribution < -0.4 is 0 Å². The number of H-pyrrole nitrogens is 1. The number of rotatable bonds is 5. The first-order valence-electron chi connectivity index (χ1n) is 8.32. The number of aromatic carboxylic acids is 1. The van der Waals surface area contributed by atoms with Crippen LogP contribution in [0.25, 0.3) is 33.5 Å². The van der Waals surface area contributed by atoms with Gasteiger partial charge in [0.1, 0.15) is 28.3 Å². The molecule has 0 radical (unpaired) electrons. The molecular formula is C18H17FN6O2. The molecule has 9 heteroatoms. The van der Waals surface area contributed by atoms with Crippen molar-refractivity contribution < 1.29 is 14.3 Å². The van der Waals surface area contributed by atoms with Crippen LogP contribution in [0.4, 0.5) is 4.39 Å². The molecule has 0 aliphatic rings. The highest BCUT2D eigenvalue weighted by molar-refractivity contribution is 6.01. The summed E-state index contributed by atoms with van der Waals surface area (Å²) in [7, 11) is 3.90. The summed E-state index contributed by atoms with van der Waals surface area (Å²) in [6.07, 6.45) is 2.89. The third-order valence-electron chi connectivity index (χ3n) is 4.33. The first-order chi connectivity index (χ1) is 12.9. The Morgan fingerprint density at radius 2 is 2.19 bits per heavy atom. The second kappa shape index (κ2) is 6.44. The lowest BCUT2D eigenvalue weighted by atomic mass is 10.1. The fraction of sp³-hybridized carbons (Fsp3) is 0.222. The fourth-order valence-corrected chi connectivity index (χ4v) is 2.97. The molecule has 4 aromatic rings. The molecule has 1 aromatic carbocycles. The fourth-order valence-electron chi connectivity index (χ4n) is 2.97. The van der Waals surface area contributed by atoms with Crippen LogP contribution in [0, 0.1) is 5.82 Å². The van der Waals surface area contributed by atoms with E-state index < -0.39 is 5.97 Å². The van der Waals surface area contributed by atoms with Gasteiger partial charge in [0.15, 0.2) is 5.65 Å². The van der Waals surface area contributed by atoms with E-state index in [0.29, 0.717) is 29.1 Å². The number of halogens is 1. The third-order valence-corrected chi connectivity index (χ3v) is 4.33. The van der Waals surface area contributed by atoms with Crippen molar-refractivity contribution in [3.63, 3.8) is 0 Å². The zero-order chi connectivity index (χ0) is 19.1. The van der Waals surface area contributed by atoms with Gasteiger partial charge in [0.05, 0.1) is 18.3 Å². The van der Waals surface area contributed by atoms with Gasteiger partial charge in [0, 0.05) is 18.1 Å². The van der Waals surface area contributed by atoms with Crippen LogP contribution in [0.1, 0.15) is 10.4 Å². The molecule has 0 spiro atoms. The minimum atomic E-state index is -1.09. The quantitative estimate of drug-likeness (QED) is 0.561. The summed E-state index contributed by atoms with van der Waals surface area (Å²) in [6.45, 7) is 1.31. The minimum absolute atomic E-state index is 0.0433. The van der Waals surface area contributed by atoms with E-state index in [1.165, 1.54) is 24.5 Å². The average Bonchev–Trinajstić information content (AvgIpc) is 3.20. The van der Waals surface area contributed by atoms with Gasteiger partial charge in [0.25, 0.3) is 0 Å². The summed E-state index contributed by atoms with van der Waals surface area (Å²) < 4.78 is 15.5. The number of fused-ring (bicyclic) bond motifs is 2. The van der Waals surface area contributed by atoms with Gasteiger partial charge in [-0.15, -0.1) is 0 Å². The first kappa shape index (κ1) is 17.1. The first-order valence-corrected chi connectivity index (χ1v) is 8.32. The predicted molar refractivity (Wildman–Crippen MR) is 98.1 cm³/mol. The van der Waals surface area contributed by atoms with E-state index in [9.17, 15) is 14.3 Å². The van der Waals surface area contributed by atoms with E-state index >= 15 is 0 Å². The lowest BCUT2D eigenvalue weighted by molar-refractivity contribution is 0.0699. The number of carbonyl (C=O) groups is 1. The van der Waals surface area contributed by atoms with Gasteiger partial charge in [-0.25, -0.2) is 19.2 Å². The molecule has 0 unspecified atom stereocenters. The Morgan fingerprint density at radius 1 is 1.37 bits per heavy atom. The Hall–Kier alpha value is -3.33. The topological polar surface area (TPSA) is 99.9 Å². The number of aromatic nitrogens is 5. The van der Waals surface area contributed by atoms with Crippen LogP contribution in [0.15, 0.2) is 30.6 Å². The van der Waals surface area contributed by atoms with Gasteiger partial charge in [-0.1, -0.05) is 0 Å². The largest absolute Gasteiger partial charge is 0.478 e. The smallest absolute Gasteiger partial charge is 0.339 e. The summed E-state index contributed by atoms with van der Waals surface area (Å²) in [4.78, 5) is 24.9. The van der Waals surface area contributed by atoms with Gasteiger partial charge >= 0.3 is 5.97 Å². The van der Waals surface area contributed by atoms with Crippen molar-refractivity contribution in [1.82, 2.24) is 29.6 Å². The molecule has 3 aromatic heterocycles. The second-order valence-electron chi connectivity index (χ2n) is 6.50. The highest BCUT2D eigenvalue weighted by Gasteiger charge is 2.18. The SMILES string of the molecule is CN(C)CCn1nc(-c2cnc3[nH]cc(C(=O)O)c3n2)c2ccc(F)cc21. The molecular weight excluding hydrogens is 351 g/mol. The molecule has 0 fully saturated rings. The maximum Gasteiger partial charge on any atom is 0.339 e. The van der Waals surface area contributed by atoms with Crippen LogP contribution in [-0.2, 0) is 6.54 Å². The highest BCUT2D eigenvalue weighted by Crippen LogP contribution is 2.28. The number of nitrogens with zero attached hydrogens (tertiary/aromatic N) is 5. The van der Waals surface area contributed by atoms with Crippen molar-refractivity contribution >= 4 is 28.0 Å². The summed E-state index contributed by atoms with van der Waals surface area (Å²) in [5.74, 6) is -1.43. The number of nitrogens with one attached hydrogen (secondary N) is 1. The molecule has 27 heavy (non-hydrogen) atoms. The molecule has 3 heterocycles. The molecule has 4 rings (SSSR count). The minimum Gasteiger partial charge on any atom is -0.478 e. The Kier molecular flexibility index (Phi) is 4.08. The zero-order valence-corrected chi connectivity index (χ0v) is 14.8. The van der Waals surface area contributed by atoms with E-state index in [4.69, 9.17) is 0 Å². The van der Waals surface area contributed by atoms with Crippen molar-refractivity contribution in [1.29, 1.82) is 0 Å². The van der Waals surface area contributed by atoms with Crippen LogP contribution in [0.5, 0.6) is 0 Å². The molecule has 0 amide bonds. The molecule has 0 atom stereocenters. The summed E-state index contributed by atoms with van der Waals surface area (Å²) >= 11 is 0. The molecule has 8 nitrogen and oxygen atoms in total. The number of likely N-dealkylation sites (N-methyl/N-ethyl adjacent to an activating group) is 1. The normalized spacial score (nSPS) is 11.7. The molecule has 0 saturated carbocycles. The summed E-state index contributed by atoms with van der Waals surface area (Å²) in [6, 6.07) is 4.46. The van der Waals surface area contributed by atoms with E-state index in [0.717, 1.165) is 11.9 Å². The van der Waals surface area contributed by atoms with Crippen molar-refractivity contribution in [3.05, 3.63) is 42.0 Å². The zero-order valence-electron chi connectivity index (χ0n) is 14.8. The van der Waals surface area contributed by atoms with Crippen LogP contribution in [0.2, 0.25) is 0 Å². The molecule has 2 N–H and O–H groups in total. The summed E-state index contributed by atoms with van der Waals surface area (Å²) in [5.41, 5.74) is 2.32. The lowest BCUT2D eigenvalue weighted by Crippen LogP contribution is -2.19. The molecule has 0 aliphatic carbocycles. The number of hydrogen-bond donors (Lipinski definition) is 2. The molecule has 0 saturated heterocycles. The van der Waals surface area contributed by atoms with Gasteiger partial charge in [-0.05, 0) is 32.3 Å². The molecule has 0 aliphatic heterocycles. The number of carboxylic acid groups (broad SMARTS) is 1. The molecule has 0 bridgehead atoms. The van der Waals surface area contributed by atoms with E-state index in [2.05, 4.69) is 20.1 Å². The Bertz CT molecular complexity index is 1160. The lowest BCUT2D eigenvalue weighted by Gasteiger charge is -2.09. The Morgan fingerprint density at radius 3 is 2.93 bits per heavy atom. The maximum absolute atomic E-state index is 13.8. The van der Waals surface area contributed by atoms with E-state index in [-0.39, 0.29) is 16.9 Å². The number of hydrogen-bond acceptors (Lipinski definition) is 5. The number of carboxylic acids is 1. The number of aromatic amines is 1. The van der Waals surface area contributed by atoms with E-state index in [1.807, 2.05) is 19.0 Å². The van der Waals surface area contributed by atoms with Crippen LogP contribution in [-0.4, -0.2) is 61.3 Å². The standard InChI is InChI=1S/C18H17FN6O2/c1-24(2)5-6-25-14-7-10(19)3-4-11(14)15(23-25)13-9-21-17-16(22-13)12(8-20-17)18(26)27/h3-4,7-9H,5-6H2,1-2H3,(H,20,21)(H,26,27). The maximum atomic E-state index is 13.8. The van der Waals surface area contributed by atoms with Crippen LogP contribution >= 0.6 is 0 Å². The van der Waals surface area contributed by atoms with Crippen molar-refractivity contribution in [2.75, 3.05) is 20.6 Å². The van der Waals surface area contributed by atoms with Crippen LogP contribution in [0.3, 0.4) is 0 Å². The van der Waals surface area contributed by atoms with Gasteiger partial charge in [0.2, 0.25) is 0 Å². The van der Waals surface area contributed by atoms with E-state index in [1.54, 1.807) is 10.7 Å². The third kappa shape index (κ3) is 3.02. The van der Waals surface area contributed by atoms with Crippen molar-refractivity contribution in [2.24, 2.45) is 0 Å². The van der Waals surface area contributed by atoms with Gasteiger partial charge in [-0.3, -0.25) is 4.68 Å². The number of benzene rings is 1. The second-order valence-corrected chi connectivity index (χ2v) is 6.50. The van der Waals surface area contributed by atoms with Gasteiger partial charge < -0.3 is 15.0 Å². The monoisotopic (exact) mass is 368 g/mol. The van der Waals surface area contributed by atoms with Gasteiger partial charge in [-0.2, -0.15) is 5.10 Å². The Labute approximate surface area is 153 Å². The van der Waals surface area contributed by atoms with Crippen molar-refractivity contribution in [3.8, 4) is 11.4 Å². The summed E-state index contributed by atoms with van der Waals surface area (Å²) in [5, 5.41) is 14.6. The highest BCUT2D eigenvalue weighted by atomic mass is 19.1. The van der Waals surface area contributed by atoms with Crippen molar-refractivity contribution in [2.45, 2.75) is 6.54 Å². The molecule has 138 valence electrons. The Balaban J connectivity index is 1.89. The average molecular weight is 368 g/mol. The predicted octanol–water partition coefficient (Wildman–Crippen LogP) is 2.37.